The van der Waals surface area contributed by atoms with Crippen molar-refractivity contribution in [3.05, 3.63) is 131 Å². The predicted molar refractivity (Wildman–Crippen MR) is 184 cm³/mol. The molecule has 4 rings (SSSR count). The van der Waals surface area contributed by atoms with Crippen molar-refractivity contribution in [2.45, 2.75) is 6.42 Å². The summed E-state index contributed by atoms with van der Waals surface area (Å²) < 4.78 is 20.5. The number of carbonyl (C=O) groups excluding carboxylic acids is 4. The van der Waals surface area contributed by atoms with E-state index in [2.05, 4.69) is 0 Å². The molecular weight excluding hydrogens is 628 g/mol. The second-order valence-corrected chi connectivity index (χ2v) is 10.3. The first-order valence-electron chi connectivity index (χ1n) is 14.8. The predicted octanol–water partition coefficient (Wildman–Crippen LogP) is 6.61. The molecule has 10 nitrogen and oxygen atoms in total. The van der Waals surface area contributed by atoms with E-state index in [0.29, 0.717) is 45.3 Å². The fourth-order valence-corrected chi connectivity index (χ4v) is 4.21. The van der Waals surface area contributed by atoms with Crippen LogP contribution in [-0.4, -0.2) is 47.9 Å². The molecule has 0 unspecified atom stereocenters. The van der Waals surface area contributed by atoms with Gasteiger partial charge in [-0.05, 0) is 95.1 Å². The highest BCUT2D eigenvalue weighted by atomic mass is 16.5. The number of ketones is 2. The van der Waals surface area contributed by atoms with Gasteiger partial charge in [-0.25, -0.2) is 9.59 Å². The summed E-state index contributed by atoms with van der Waals surface area (Å²) in [7, 11) is 2.88. The smallest absolute Gasteiger partial charge is 0.336 e. The second kappa shape index (κ2) is 17.3. The number of rotatable bonds is 14. The fourth-order valence-electron chi connectivity index (χ4n) is 4.21. The molecule has 10 heteroatoms. The Hall–Kier alpha value is -6.68. The van der Waals surface area contributed by atoms with E-state index in [1.165, 1.54) is 62.8 Å². The van der Waals surface area contributed by atoms with Gasteiger partial charge in [-0.15, -0.1) is 0 Å². The van der Waals surface area contributed by atoms with E-state index in [1.807, 2.05) is 0 Å². The van der Waals surface area contributed by atoms with Gasteiger partial charge in [0.1, 0.15) is 11.5 Å². The summed E-state index contributed by atoms with van der Waals surface area (Å²) in [6.45, 7) is 0. The molecule has 4 aromatic rings. The molecule has 0 atom stereocenters. The lowest BCUT2D eigenvalue weighted by atomic mass is 10.1. The molecule has 0 heterocycles. The van der Waals surface area contributed by atoms with Crippen molar-refractivity contribution < 1.29 is 48.3 Å². The lowest BCUT2D eigenvalue weighted by molar-refractivity contribution is -0.129. The van der Waals surface area contributed by atoms with E-state index in [-0.39, 0.29) is 29.5 Å². The average Bonchev–Trinajstić information content (AvgIpc) is 3.09. The molecule has 0 bridgehead atoms. The molecule has 49 heavy (non-hydrogen) atoms. The number of hydrogen-bond donors (Lipinski definition) is 2. The monoisotopic (exact) mass is 660 g/mol. The highest BCUT2D eigenvalue weighted by molar-refractivity contribution is 6.10. The lowest BCUT2D eigenvalue weighted by Gasteiger charge is -2.04. The molecule has 248 valence electrons. The Labute approximate surface area is 282 Å². The number of ether oxygens (including phenoxy) is 4. The maximum Gasteiger partial charge on any atom is 0.336 e. The van der Waals surface area contributed by atoms with Crippen LogP contribution in [0.2, 0.25) is 0 Å². The van der Waals surface area contributed by atoms with Gasteiger partial charge in [-0.3, -0.25) is 9.59 Å². The van der Waals surface area contributed by atoms with Gasteiger partial charge in [0, 0.05) is 12.2 Å². The lowest BCUT2D eigenvalue weighted by Crippen LogP contribution is -2.03. The third-order valence-corrected chi connectivity index (χ3v) is 6.70. The number of esters is 2. The van der Waals surface area contributed by atoms with Crippen LogP contribution in [-0.2, 0) is 19.2 Å². The zero-order chi connectivity index (χ0) is 35.2. The van der Waals surface area contributed by atoms with Gasteiger partial charge in [-0.2, -0.15) is 0 Å². The normalized spacial score (nSPS) is 11.3. The molecule has 0 aromatic heterocycles. The maximum atomic E-state index is 12.3. The highest BCUT2D eigenvalue weighted by Gasteiger charge is 2.07. The summed E-state index contributed by atoms with van der Waals surface area (Å²) >= 11 is 0. The number of carbonyl (C=O) groups is 4. The van der Waals surface area contributed by atoms with E-state index >= 15 is 0 Å². The van der Waals surface area contributed by atoms with Crippen molar-refractivity contribution >= 4 is 47.8 Å². The van der Waals surface area contributed by atoms with Gasteiger partial charge in [0.2, 0.25) is 0 Å². The maximum absolute atomic E-state index is 12.3. The minimum absolute atomic E-state index is 0.0501. The van der Waals surface area contributed by atoms with Crippen LogP contribution < -0.4 is 18.9 Å². The van der Waals surface area contributed by atoms with Crippen LogP contribution in [0, 0.1) is 0 Å². The van der Waals surface area contributed by atoms with E-state index < -0.39 is 11.9 Å². The first-order chi connectivity index (χ1) is 23.6. The molecule has 0 aliphatic carbocycles. The Morgan fingerprint density at radius 3 is 1.20 bits per heavy atom. The quantitative estimate of drug-likeness (QED) is 0.0656. The largest absolute Gasteiger partial charge is 0.504 e. The second-order valence-electron chi connectivity index (χ2n) is 10.3. The van der Waals surface area contributed by atoms with Crippen molar-refractivity contribution in [2.24, 2.45) is 0 Å². The van der Waals surface area contributed by atoms with Crippen molar-refractivity contribution in [1.29, 1.82) is 0 Å². The summed E-state index contributed by atoms with van der Waals surface area (Å²) in [5.74, 6) is -0.871. The molecule has 0 aliphatic rings. The first-order valence-corrected chi connectivity index (χ1v) is 14.8. The van der Waals surface area contributed by atoms with E-state index in [1.54, 1.807) is 84.9 Å². The number of hydrogen-bond acceptors (Lipinski definition) is 10. The summed E-state index contributed by atoms with van der Waals surface area (Å²) in [4.78, 5) is 49.0. The fraction of sp³-hybridized carbons (Fsp3) is 0.0769. The highest BCUT2D eigenvalue weighted by Crippen LogP contribution is 2.27. The number of phenols is 2. The third kappa shape index (κ3) is 11.3. The van der Waals surface area contributed by atoms with E-state index in [0.717, 1.165) is 0 Å². The number of benzene rings is 4. The van der Waals surface area contributed by atoms with Crippen molar-refractivity contribution in [3.63, 3.8) is 0 Å². The summed E-state index contributed by atoms with van der Waals surface area (Å²) in [6, 6.07) is 22.3. The summed E-state index contributed by atoms with van der Waals surface area (Å²) in [5.41, 5.74) is 2.50. The van der Waals surface area contributed by atoms with E-state index in [9.17, 15) is 29.4 Å². The van der Waals surface area contributed by atoms with E-state index in [4.69, 9.17) is 18.9 Å². The zero-order valence-corrected chi connectivity index (χ0v) is 26.6. The number of allylic oxidation sites excluding steroid dienone is 2. The molecule has 0 fully saturated rings. The van der Waals surface area contributed by atoms with Gasteiger partial charge in [-0.1, -0.05) is 48.6 Å². The van der Waals surface area contributed by atoms with Crippen LogP contribution in [0.15, 0.2) is 109 Å². The summed E-state index contributed by atoms with van der Waals surface area (Å²) in [6.07, 6.45) is 10.8. The minimum atomic E-state index is -0.614. The Morgan fingerprint density at radius 2 is 0.857 bits per heavy atom. The van der Waals surface area contributed by atoms with Gasteiger partial charge in [0.05, 0.1) is 20.6 Å². The molecule has 4 aromatic carbocycles. The average molecular weight is 661 g/mol. The van der Waals surface area contributed by atoms with Gasteiger partial charge < -0.3 is 29.2 Å². The molecule has 0 saturated heterocycles. The molecule has 2 N–H and O–H groups in total. The van der Waals surface area contributed by atoms with Crippen LogP contribution >= 0.6 is 0 Å². The van der Waals surface area contributed by atoms with Gasteiger partial charge in [0.15, 0.2) is 34.6 Å². The van der Waals surface area contributed by atoms with Crippen molar-refractivity contribution in [1.82, 2.24) is 0 Å². The zero-order valence-electron chi connectivity index (χ0n) is 26.6. The Morgan fingerprint density at radius 1 is 0.510 bits per heavy atom. The molecule has 0 saturated carbocycles. The Balaban J connectivity index is 1.20. The van der Waals surface area contributed by atoms with Crippen LogP contribution in [0.25, 0.3) is 24.3 Å². The minimum Gasteiger partial charge on any atom is -0.504 e. The van der Waals surface area contributed by atoms with Crippen molar-refractivity contribution in [3.8, 4) is 34.5 Å². The number of aromatic hydroxyl groups is 2. The first kappa shape index (κ1) is 35.2. The number of methoxy groups -OCH3 is 2. The SMILES string of the molecule is COc1ccc(/C=C/C(=O)Oc2ccc(/C=C/C(=O)CC(=O)/C=C/c3ccc(OC(=O)/C=C/c4ccc(OC)c(O)c4)cc3)cc2)cc1O. The number of phenolic OH excluding ortho intramolecular Hbond substituents is 2. The third-order valence-electron chi connectivity index (χ3n) is 6.70. The topological polar surface area (TPSA) is 146 Å². The van der Waals surface area contributed by atoms with Crippen LogP contribution in [0.5, 0.6) is 34.5 Å². The Kier molecular flexibility index (Phi) is 12.4. The molecule has 0 amide bonds. The molecule has 0 aliphatic heterocycles. The van der Waals surface area contributed by atoms with Crippen LogP contribution in [0.4, 0.5) is 0 Å². The van der Waals surface area contributed by atoms with Gasteiger partial charge in [0.25, 0.3) is 0 Å². The molecule has 0 radical (unpaired) electrons. The molecule has 0 spiro atoms. The van der Waals surface area contributed by atoms with Crippen LogP contribution in [0.3, 0.4) is 0 Å². The van der Waals surface area contributed by atoms with Gasteiger partial charge >= 0.3 is 11.9 Å². The molecular formula is C39H32O10. The van der Waals surface area contributed by atoms with Crippen molar-refractivity contribution in [2.75, 3.05) is 14.2 Å². The summed E-state index contributed by atoms with van der Waals surface area (Å²) in [5, 5.41) is 19.7. The Bertz CT molecular complexity index is 1790. The standard InChI is InChI=1S/C39H32O10/c1-46-36-19-9-28(23-34(36)42)11-21-38(44)48-32-15-5-26(6-16-32)3-13-30(40)25-31(41)14-4-27-7-17-33(18-8-27)49-39(45)22-12-29-10-20-37(47-2)35(43)24-29/h3-24,42-43H,25H2,1-2H3/b13-3+,14-4+,21-11+,22-12+. The van der Waals surface area contributed by atoms with Crippen LogP contribution in [0.1, 0.15) is 28.7 Å².